The summed E-state index contributed by atoms with van der Waals surface area (Å²) < 4.78 is 1.86. The van der Waals surface area contributed by atoms with E-state index < -0.39 is 0 Å². The summed E-state index contributed by atoms with van der Waals surface area (Å²) in [5.41, 5.74) is 2.80. The van der Waals surface area contributed by atoms with Crippen molar-refractivity contribution in [3.8, 4) is 0 Å². The number of carbonyl (C=O) groups excluding carboxylic acids is 2. The normalized spacial score (nSPS) is 13.7. The van der Waals surface area contributed by atoms with E-state index in [9.17, 15) is 9.59 Å². The lowest BCUT2D eigenvalue weighted by atomic mass is 10.1. The van der Waals surface area contributed by atoms with Gasteiger partial charge >= 0.3 is 0 Å². The van der Waals surface area contributed by atoms with Crippen LogP contribution in [0.4, 0.5) is 5.69 Å². The molecule has 6 nitrogen and oxygen atoms in total. The summed E-state index contributed by atoms with van der Waals surface area (Å²) in [5, 5.41) is 7.45. The van der Waals surface area contributed by atoms with Gasteiger partial charge in [0.2, 0.25) is 0 Å². The fraction of sp³-hybridized carbons (Fsp3) is 0.267. The Labute approximate surface area is 122 Å². The van der Waals surface area contributed by atoms with Crippen LogP contribution in [0.5, 0.6) is 0 Å². The number of amides is 2. The van der Waals surface area contributed by atoms with Crippen LogP contribution in [0.3, 0.4) is 0 Å². The van der Waals surface area contributed by atoms with Crippen LogP contribution in [-0.2, 0) is 13.1 Å². The van der Waals surface area contributed by atoms with Crippen molar-refractivity contribution in [3.63, 3.8) is 0 Å². The Kier molecular flexibility index (Phi) is 3.21. The van der Waals surface area contributed by atoms with Crippen LogP contribution in [0.25, 0.3) is 0 Å². The van der Waals surface area contributed by atoms with Gasteiger partial charge < -0.3 is 5.32 Å². The van der Waals surface area contributed by atoms with E-state index in [-0.39, 0.29) is 11.8 Å². The molecule has 2 amide bonds. The second-order valence-electron chi connectivity index (χ2n) is 4.99. The minimum atomic E-state index is -0.252. The number of carbonyl (C=O) groups is 2. The monoisotopic (exact) mass is 284 g/mol. The van der Waals surface area contributed by atoms with E-state index in [1.807, 2.05) is 30.1 Å². The van der Waals surface area contributed by atoms with Gasteiger partial charge in [-0.2, -0.15) is 5.10 Å². The van der Waals surface area contributed by atoms with Gasteiger partial charge in [0.05, 0.1) is 17.3 Å². The van der Waals surface area contributed by atoms with E-state index >= 15 is 0 Å². The Balaban J connectivity index is 1.76. The summed E-state index contributed by atoms with van der Waals surface area (Å²) in [4.78, 5) is 24.9. The van der Waals surface area contributed by atoms with Gasteiger partial charge in [-0.3, -0.25) is 19.2 Å². The van der Waals surface area contributed by atoms with E-state index in [4.69, 9.17) is 0 Å². The molecule has 21 heavy (non-hydrogen) atoms. The summed E-state index contributed by atoms with van der Waals surface area (Å²) in [5.74, 6) is -0.497. The van der Waals surface area contributed by atoms with Gasteiger partial charge in [-0.1, -0.05) is 0 Å². The van der Waals surface area contributed by atoms with Crippen molar-refractivity contribution in [2.75, 3.05) is 12.4 Å². The first-order valence-electron chi connectivity index (χ1n) is 6.81. The molecule has 0 spiro atoms. The number of benzene rings is 1. The Hall–Kier alpha value is -2.63. The molecule has 0 saturated carbocycles. The smallest absolute Gasteiger partial charge is 0.261 e. The summed E-state index contributed by atoms with van der Waals surface area (Å²) in [7, 11) is 1.50. The summed E-state index contributed by atoms with van der Waals surface area (Å²) in [6.07, 6.45) is 3.79. The number of aryl methyl sites for hydroxylation is 1. The van der Waals surface area contributed by atoms with Gasteiger partial charge in [-0.15, -0.1) is 0 Å². The molecule has 1 aliphatic rings. The quantitative estimate of drug-likeness (QED) is 0.868. The van der Waals surface area contributed by atoms with E-state index in [2.05, 4.69) is 10.4 Å². The van der Waals surface area contributed by atoms with Crippen LogP contribution in [0, 0.1) is 0 Å². The fourth-order valence-corrected chi connectivity index (χ4v) is 2.35. The minimum Gasteiger partial charge on any atom is -0.381 e. The second kappa shape index (κ2) is 5.05. The summed E-state index contributed by atoms with van der Waals surface area (Å²) >= 11 is 0. The fourth-order valence-electron chi connectivity index (χ4n) is 2.35. The highest BCUT2D eigenvalue weighted by Crippen LogP contribution is 2.24. The van der Waals surface area contributed by atoms with Gasteiger partial charge in [-0.25, -0.2) is 0 Å². The van der Waals surface area contributed by atoms with Crippen molar-refractivity contribution < 1.29 is 9.59 Å². The molecule has 108 valence electrons. The summed E-state index contributed by atoms with van der Waals surface area (Å²) in [6.45, 7) is 3.49. The topological polar surface area (TPSA) is 67.2 Å². The Morgan fingerprint density at radius 2 is 1.95 bits per heavy atom. The van der Waals surface area contributed by atoms with Crippen molar-refractivity contribution in [1.29, 1.82) is 0 Å². The molecule has 3 rings (SSSR count). The standard InChI is InChI=1S/C15H16N4O2/c1-3-19-9-10(8-17-19)7-16-11-4-5-12-13(6-11)15(21)18(2)14(12)20/h4-6,8-9,16H,3,7H2,1-2H3. The maximum absolute atomic E-state index is 11.9. The van der Waals surface area contributed by atoms with Gasteiger partial charge in [0.25, 0.3) is 11.8 Å². The third kappa shape index (κ3) is 2.29. The average molecular weight is 284 g/mol. The molecule has 6 heteroatoms. The van der Waals surface area contributed by atoms with Crippen LogP contribution in [0.15, 0.2) is 30.6 Å². The maximum atomic E-state index is 11.9. The molecule has 1 aromatic heterocycles. The van der Waals surface area contributed by atoms with E-state index in [1.54, 1.807) is 12.1 Å². The molecular weight excluding hydrogens is 268 g/mol. The first-order valence-corrected chi connectivity index (χ1v) is 6.81. The van der Waals surface area contributed by atoms with Gasteiger partial charge in [0.15, 0.2) is 0 Å². The maximum Gasteiger partial charge on any atom is 0.261 e. The van der Waals surface area contributed by atoms with Crippen LogP contribution in [-0.4, -0.2) is 33.5 Å². The molecule has 0 unspecified atom stereocenters. The zero-order chi connectivity index (χ0) is 15.0. The Morgan fingerprint density at radius 1 is 1.19 bits per heavy atom. The molecule has 0 aliphatic carbocycles. The van der Waals surface area contributed by atoms with Crippen molar-refractivity contribution in [3.05, 3.63) is 47.3 Å². The summed E-state index contributed by atoms with van der Waals surface area (Å²) in [6, 6.07) is 5.23. The van der Waals surface area contributed by atoms with Crippen LogP contribution in [0.1, 0.15) is 33.2 Å². The second-order valence-corrected chi connectivity index (χ2v) is 4.99. The van der Waals surface area contributed by atoms with E-state index in [0.29, 0.717) is 17.7 Å². The molecule has 2 aromatic rings. The third-order valence-corrected chi connectivity index (χ3v) is 3.60. The molecule has 0 bridgehead atoms. The van der Waals surface area contributed by atoms with Gasteiger partial charge in [0.1, 0.15) is 0 Å². The zero-order valence-electron chi connectivity index (χ0n) is 12.0. The molecule has 0 saturated heterocycles. The predicted octanol–water partition coefficient (Wildman–Crippen LogP) is 1.74. The molecule has 0 fully saturated rings. The number of anilines is 1. The van der Waals surface area contributed by atoms with Crippen LogP contribution in [0.2, 0.25) is 0 Å². The minimum absolute atomic E-state index is 0.245. The number of fused-ring (bicyclic) bond motifs is 1. The molecule has 1 aliphatic heterocycles. The largest absolute Gasteiger partial charge is 0.381 e. The molecule has 2 heterocycles. The van der Waals surface area contributed by atoms with Gasteiger partial charge in [-0.05, 0) is 25.1 Å². The lowest BCUT2D eigenvalue weighted by Crippen LogP contribution is -2.24. The molecular formula is C15H16N4O2. The van der Waals surface area contributed by atoms with Crippen LogP contribution < -0.4 is 5.32 Å². The van der Waals surface area contributed by atoms with E-state index in [1.165, 1.54) is 7.05 Å². The highest BCUT2D eigenvalue weighted by Gasteiger charge is 2.32. The third-order valence-electron chi connectivity index (χ3n) is 3.60. The number of rotatable bonds is 4. The predicted molar refractivity (Wildman–Crippen MR) is 78.1 cm³/mol. The number of hydrogen-bond acceptors (Lipinski definition) is 4. The average Bonchev–Trinajstić information content (AvgIpc) is 3.05. The number of hydrogen-bond donors (Lipinski definition) is 1. The van der Waals surface area contributed by atoms with Crippen molar-refractivity contribution in [2.24, 2.45) is 0 Å². The number of imide groups is 1. The lowest BCUT2D eigenvalue weighted by molar-refractivity contribution is 0.0693. The first kappa shape index (κ1) is 13.4. The number of nitrogens with one attached hydrogen (secondary N) is 1. The lowest BCUT2D eigenvalue weighted by Gasteiger charge is -2.05. The number of aromatic nitrogens is 2. The molecule has 1 aromatic carbocycles. The molecule has 1 N–H and O–H groups in total. The zero-order valence-corrected chi connectivity index (χ0v) is 12.0. The highest BCUT2D eigenvalue weighted by molar-refractivity contribution is 6.21. The van der Waals surface area contributed by atoms with E-state index in [0.717, 1.165) is 22.7 Å². The Morgan fingerprint density at radius 3 is 2.67 bits per heavy atom. The van der Waals surface area contributed by atoms with Crippen molar-refractivity contribution in [1.82, 2.24) is 14.7 Å². The first-order chi connectivity index (χ1) is 10.1. The number of nitrogens with zero attached hydrogens (tertiary/aromatic N) is 3. The van der Waals surface area contributed by atoms with Crippen molar-refractivity contribution >= 4 is 17.5 Å². The van der Waals surface area contributed by atoms with Crippen LogP contribution >= 0.6 is 0 Å². The SMILES string of the molecule is CCn1cc(CNc2ccc3c(c2)C(=O)N(C)C3=O)cn1. The molecule has 0 radical (unpaired) electrons. The van der Waals surface area contributed by atoms with Gasteiger partial charge in [0, 0.05) is 37.6 Å². The highest BCUT2D eigenvalue weighted by atomic mass is 16.2. The Bertz CT molecular complexity index is 720. The van der Waals surface area contributed by atoms with Crippen molar-refractivity contribution in [2.45, 2.75) is 20.0 Å². The molecule has 0 atom stereocenters.